The first kappa shape index (κ1) is 17.1. The van der Waals surface area contributed by atoms with Gasteiger partial charge in [-0.25, -0.2) is 9.59 Å². The average Bonchev–Trinajstić information content (AvgIpc) is 2.59. The summed E-state index contributed by atoms with van der Waals surface area (Å²) in [7, 11) is 0. The molecule has 0 amide bonds. The van der Waals surface area contributed by atoms with Gasteiger partial charge in [-0.15, -0.1) is 6.42 Å². The largest absolute Gasteiger partial charge is 0.449 e. The van der Waals surface area contributed by atoms with E-state index in [1.54, 1.807) is 24.3 Å². The Morgan fingerprint density at radius 3 is 2.52 bits per heavy atom. The predicted octanol–water partition coefficient (Wildman–Crippen LogP) is 4.56. The Hall–Kier alpha value is -2.74. The lowest BCUT2D eigenvalue weighted by atomic mass is 10.0. The summed E-state index contributed by atoms with van der Waals surface area (Å²) in [5.74, 6) is 1.54. The minimum atomic E-state index is -0.654. The van der Waals surface area contributed by atoms with Crippen LogP contribution < -0.4 is 5.63 Å². The van der Waals surface area contributed by atoms with Gasteiger partial charge in [0.1, 0.15) is 5.58 Å². The molecule has 0 atom stereocenters. The van der Waals surface area contributed by atoms with Crippen molar-refractivity contribution in [3.05, 3.63) is 68.5 Å². The zero-order valence-electron chi connectivity index (χ0n) is 12.7. The number of hydrogen-bond acceptors (Lipinski definition) is 4. The van der Waals surface area contributed by atoms with Crippen molar-refractivity contribution in [1.29, 1.82) is 0 Å². The van der Waals surface area contributed by atoms with E-state index in [0.29, 0.717) is 5.58 Å². The van der Waals surface area contributed by atoms with Crippen LogP contribution in [-0.2, 0) is 4.74 Å². The average molecular weight is 373 g/mol. The summed E-state index contributed by atoms with van der Waals surface area (Å²) in [5.41, 5.74) is 0.510. The van der Waals surface area contributed by atoms with Gasteiger partial charge in [-0.1, -0.05) is 47.3 Å². The van der Waals surface area contributed by atoms with Crippen molar-refractivity contribution in [1.82, 2.24) is 0 Å². The zero-order chi connectivity index (χ0) is 18.0. The fraction of sp³-hybridized carbons (Fsp3) is 0.0526. The number of halogens is 2. The summed E-state index contributed by atoms with van der Waals surface area (Å²) in [5, 5.41) is 0.979. The van der Waals surface area contributed by atoms with E-state index < -0.39 is 11.6 Å². The topological polar surface area (TPSA) is 56.5 Å². The lowest BCUT2D eigenvalue weighted by molar-refractivity contribution is 0.0557. The fourth-order valence-electron chi connectivity index (χ4n) is 2.38. The van der Waals surface area contributed by atoms with Gasteiger partial charge in [0.05, 0.1) is 21.2 Å². The number of rotatable bonds is 3. The maximum absolute atomic E-state index is 12.3. The molecule has 3 rings (SSSR count). The van der Waals surface area contributed by atoms with Gasteiger partial charge in [0.15, 0.2) is 6.61 Å². The van der Waals surface area contributed by atoms with Crippen molar-refractivity contribution in [2.45, 2.75) is 0 Å². The van der Waals surface area contributed by atoms with Crippen molar-refractivity contribution >= 4 is 40.1 Å². The van der Waals surface area contributed by atoms with Gasteiger partial charge in [0.25, 0.3) is 0 Å². The first-order valence-corrected chi connectivity index (χ1v) is 7.89. The second-order valence-electron chi connectivity index (χ2n) is 5.08. The number of ether oxygens (including phenoxy) is 1. The monoisotopic (exact) mass is 372 g/mol. The van der Waals surface area contributed by atoms with Crippen LogP contribution in [0, 0.1) is 12.3 Å². The zero-order valence-corrected chi connectivity index (χ0v) is 14.2. The Kier molecular flexibility index (Phi) is 4.80. The molecule has 2 aromatic carbocycles. The Bertz CT molecular complexity index is 1050. The lowest BCUT2D eigenvalue weighted by Crippen LogP contribution is -2.07. The number of carbonyl (C=O) groups excluding carboxylic acids is 1. The van der Waals surface area contributed by atoms with Gasteiger partial charge >= 0.3 is 11.6 Å². The number of para-hydroxylation sites is 1. The number of esters is 1. The molecule has 0 saturated carbocycles. The van der Waals surface area contributed by atoms with Crippen LogP contribution in [0.15, 0.2) is 51.7 Å². The predicted molar refractivity (Wildman–Crippen MR) is 97.1 cm³/mol. The summed E-state index contributed by atoms with van der Waals surface area (Å²) in [6.45, 7) is -0.163. The lowest BCUT2D eigenvalue weighted by Gasteiger charge is -2.09. The number of hydrogen-bond donors (Lipinski definition) is 0. The molecule has 1 aromatic heterocycles. The number of terminal acetylenes is 1. The third-order valence-electron chi connectivity index (χ3n) is 3.48. The molecule has 0 aliphatic carbocycles. The first-order valence-electron chi connectivity index (χ1n) is 7.14. The summed E-state index contributed by atoms with van der Waals surface area (Å²) >= 11 is 12.5. The van der Waals surface area contributed by atoms with E-state index in [1.807, 2.05) is 6.07 Å². The van der Waals surface area contributed by atoms with E-state index in [4.69, 9.17) is 38.8 Å². The van der Waals surface area contributed by atoms with Crippen LogP contribution in [0.25, 0.3) is 22.1 Å². The van der Waals surface area contributed by atoms with Gasteiger partial charge in [0.2, 0.25) is 0 Å². The Morgan fingerprint density at radius 1 is 1.16 bits per heavy atom. The third-order valence-corrected chi connectivity index (χ3v) is 4.07. The second-order valence-corrected chi connectivity index (χ2v) is 5.89. The minimum absolute atomic E-state index is 0.128. The van der Waals surface area contributed by atoms with Crippen LogP contribution >= 0.6 is 23.2 Å². The molecule has 4 nitrogen and oxygen atoms in total. The van der Waals surface area contributed by atoms with Gasteiger partial charge in [-0.3, -0.25) is 0 Å². The maximum atomic E-state index is 12.3. The van der Waals surface area contributed by atoms with Crippen molar-refractivity contribution in [2.24, 2.45) is 0 Å². The van der Waals surface area contributed by atoms with Crippen LogP contribution in [0.5, 0.6) is 0 Å². The molecule has 0 unspecified atom stereocenters. The first-order chi connectivity index (χ1) is 12.0. The molecule has 0 aliphatic rings. The van der Waals surface area contributed by atoms with Crippen LogP contribution in [0.1, 0.15) is 10.4 Å². The van der Waals surface area contributed by atoms with Crippen molar-refractivity contribution in [3.8, 4) is 23.5 Å². The fourth-order valence-corrected chi connectivity index (χ4v) is 3.07. The molecule has 0 fully saturated rings. The number of benzene rings is 2. The van der Waals surface area contributed by atoms with Crippen molar-refractivity contribution in [3.63, 3.8) is 0 Å². The van der Waals surface area contributed by atoms with E-state index in [9.17, 15) is 9.59 Å². The SMILES string of the molecule is C#CCOC(=O)c1cc(Cl)c(-c2cc3ccccc3oc2=O)c(Cl)c1. The van der Waals surface area contributed by atoms with Crippen LogP contribution in [-0.4, -0.2) is 12.6 Å². The molecule has 0 aliphatic heterocycles. The summed E-state index contributed by atoms with van der Waals surface area (Å²) in [6.07, 6.45) is 5.05. The molecule has 3 aromatic rings. The highest BCUT2D eigenvalue weighted by molar-refractivity contribution is 6.39. The summed E-state index contributed by atoms with van der Waals surface area (Å²) in [6, 6.07) is 11.5. The Balaban J connectivity index is 2.12. The molecule has 0 radical (unpaired) electrons. The van der Waals surface area contributed by atoms with E-state index in [2.05, 4.69) is 5.92 Å². The van der Waals surface area contributed by atoms with Crippen molar-refractivity contribution in [2.75, 3.05) is 6.61 Å². The smallest absolute Gasteiger partial charge is 0.344 e. The molecule has 1 heterocycles. The highest BCUT2D eigenvalue weighted by Crippen LogP contribution is 2.35. The molecule has 6 heteroatoms. The summed E-state index contributed by atoms with van der Waals surface area (Å²) in [4.78, 5) is 24.2. The van der Waals surface area contributed by atoms with Gasteiger partial charge < -0.3 is 9.15 Å². The molecule has 124 valence electrons. The third kappa shape index (κ3) is 3.39. The normalized spacial score (nSPS) is 10.4. The molecule has 25 heavy (non-hydrogen) atoms. The van der Waals surface area contributed by atoms with E-state index in [-0.39, 0.29) is 33.3 Å². The second kappa shape index (κ2) is 7.02. The highest BCUT2D eigenvalue weighted by atomic mass is 35.5. The van der Waals surface area contributed by atoms with E-state index in [1.165, 1.54) is 12.1 Å². The molecule has 0 spiro atoms. The Labute approximate surface area is 152 Å². The van der Waals surface area contributed by atoms with Gasteiger partial charge in [-0.05, 0) is 24.3 Å². The number of carbonyl (C=O) groups is 1. The molecule has 0 bridgehead atoms. The van der Waals surface area contributed by atoms with Gasteiger partial charge in [-0.2, -0.15) is 0 Å². The Morgan fingerprint density at radius 2 is 1.84 bits per heavy atom. The van der Waals surface area contributed by atoms with Crippen LogP contribution in [0.3, 0.4) is 0 Å². The summed E-state index contributed by atoms with van der Waals surface area (Å²) < 4.78 is 10.1. The van der Waals surface area contributed by atoms with Crippen molar-refractivity contribution < 1.29 is 13.9 Å². The molecular formula is C19H10Cl2O4. The minimum Gasteiger partial charge on any atom is -0.449 e. The standard InChI is InChI=1S/C19H10Cl2O4/c1-2-7-24-18(22)12-9-14(20)17(15(21)10-12)13-8-11-5-3-4-6-16(11)25-19(13)23/h1,3-6,8-10H,7H2. The maximum Gasteiger partial charge on any atom is 0.344 e. The number of fused-ring (bicyclic) bond motifs is 1. The molecule has 0 saturated heterocycles. The van der Waals surface area contributed by atoms with Crippen LogP contribution in [0.4, 0.5) is 0 Å². The quantitative estimate of drug-likeness (QED) is 0.384. The van der Waals surface area contributed by atoms with Gasteiger partial charge in [0, 0.05) is 10.9 Å². The molecular weight excluding hydrogens is 363 g/mol. The van der Waals surface area contributed by atoms with Crippen LogP contribution in [0.2, 0.25) is 10.0 Å². The van der Waals surface area contributed by atoms with E-state index >= 15 is 0 Å². The highest BCUT2D eigenvalue weighted by Gasteiger charge is 2.18. The van der Waals surface area contributed by atoms with E-state index in [0.717, 1.165) is 5.39 Å². The molecule has 0 N–H and O–H groups in total.